The van der Waals surface area contributed by atoms with Gasteiger partial charge in [0.25, 0.3) is 0 Å². The van der Waals surface area contributed by atoms with Crippen molar-refractivity contribution in [3.63, 3.8) is 0 Å². The minimum absolute atomic E-state index is 0. The molecule has 0 aliphatic rings. The van der Waals surface area contributed by atoms with E-state index in [0.717, 1.165) is 45.1 Å². The van der Waals surface area contributed by atoms with Crippen LogP contribution < -0.4 is 10.6 Å². The van der Waals surface area contributed by atoms with Gasteiger partial charge in [0, 0.05) is 47.6 Å². The summed E-state index contributed by atoms with van der Waals surface area (Å²) in [6, 6.07) is 0. The Bertz CT molecular complexity index is 154. The third kappa shape index (κ3) is 12.0. The van der Waals surface area contributed by atoms with Crippen LogP contribution in [0.5, 0.6) is 0 Å². The normalized spacial score (nSPS) is 9.19. The highest BCUT2D eigenvalue weighted by molar-refractivity contribution is 14.0. The Morgan fingerprint density at radius 3 is 1.75 bits per heavy atom. The summed E-state index contributed by atoms with van der Waals surface area (Å²) in [6.45, 7) is 3.29. The molecule has 0 heterocycles. The topological polar surface area (TPSA) is 54.9 Å². The standard InChI is InChI=1S/C10H23N3O2.HI/c1-11-10(12-6-4-8-14-2)13-7-5-9-15-3;/h4-9H2,1-3H3,(H2,11,12,13);1H. The first-order valence-electron chi connectivity index (χ1n) is 5.27. The van der Waals surface area contributed by atoms with Crippen molar-refractivity contribution in [3.8, 4) is 0 Å². The van der Waals surface area contributed by atoms with Crippen LogP contribution in [0.25, 0.3) is 0 Å². The first kappa shape index (κ1) is 18.3. The van der Waals surface area contributed by atoms with E-state index in [-0.39, 0.29) is 24.0 Å². The van der Waals surface area contributed by atoms with Crippen molar-refractivity contribution in [2.45, 2.75) is 12.8 Å². The van der Waals surface area contributed by atoms with E-state index >= 15 is 0 Å². The van der Waals surface area contributed by atoms with Gasteiger partial charge < -0.3 is 20.1 Å². The predicted octanol–water partition coefficient (Wildman–Crippen LogP) is 0.842. The number of rotatable bonds is 8. The maximum atomic E-state index is 4.95. The zero-order valence-corrected chi connectivity index (χ0v) is 12.7. The summed E-state index contributed by atoms with van der Waals surface area (Å²) in [7, 11) is 5.18. The van der Waals surface area contributed by atoms with Crippen molar-refractivity contribution in [1.29, 1.82) is 0 Å². The Morgan fingerprint density at radius 2 is 1.44 bits per heavy atom. The molecule has 0 amide bonds. The van der Waals surface area contributed by atoms with Gasteiger partial charge in [0.1, 0.15) is 0 Å². The molecule has 0 aromatic heterocycles. The van der Waals surface area contributed by atoms with Crippen LogP contribution in [0.15, 0.2) is 4.99 Å². The first-order valence-corrected chi connectivity index (χ1v) is 5.27. The number of hydrogen-bond donors (Lipinski definition) is 2. The van der Waals surface area contributed by atoms with Gasteiger partial charge in [0.05, 0.1) is 0 Å². The molecule has 0 aliphatic heterocycles. The zero-order chi connectivity index (χ0) is 11.4. The van der Waals surface area contributed by atoms with E-state index in [1.807, 2.05) is 0 Å². The van der Waals surface area contributed by atoms with Gasteiger partial charge >= 0.3 is 0 Å². The SMILES string of the molecule is CN=C(NCCCOC)NCCCOC.I. The van der Waals surface area contributed by atoms with Crippen LogP contribution in [-0.4, -0.2) is 53.5 Å². The highest BCUT2D eigenvalue weighted by atomic mass is 127. The summed E-state index contributed by atoms with van der Waals surface area (Å²) in [5.41, 5.74) is 0. The van der Waals surface area contributed by atoms with Crippen molar-refractivity contribution in [2.24, 2.45) is 4.99 Å². The van der Waals surface area contributed by atoms with E-state index in [9.17, 15) is 0 Å². The number of nitrogens with one attached hydrogen (secondary N) is 2. The van der Waals surface area contributed by atoms with Crippen LogP contribution in [0.3, 0.4) is 0 Å². The maximum Gasteiger partial charge on any atom is 0.190 e. The van der Waals surface area contributed by atoms with E-state index in [4.69, 9.17) is 9.47 Å². The quantitative estimate of drug-likeness (QED) is 0.296. The molecule has 0 saturated heterocycles. The summed E-state index contributed by atoms with van der Waals surface area (Å²) < 4.78 is 9.91. The minimum atomic E-state index is 0. The van der Waals surface area contributed by atoms with E-state index < -0.39 is 0 Å². The second-order valence-corrected chi connectivity index (χ2v) is 3.12. The Hall–Kier alpha value is -0.0800. The van der Waals surface area contributed by atoms with Gasteiger partial charge in [-0.1, -0.05) is 0 Å². The lowest BCUT2D eigenvalue weighted by Gasteiger charge is -2.11. The number of guanidine groups is 1. The number of ether oxygens (including phenoxy) is 2. The highest BCUT2D eigenvalue weighted by Crippen LogP contribution is 1.80. The average molecular weight is 345 g/mol. The van der Waals surface area contributed by atoms with Gasteiger partial charge in [0.2, 0.25) is 0 Å². The second-order valence-electron chi connectivity index (χ2n) is 3.12. The lowest BCUT2D eigenvalue weighted by atomic mass is 10.4. The molecule has 0 bridgehead atoms. The van der Waals surface area contributed by atoms with Crippen molar-refractivity contribution >= 4 is 29.9 Å². The Labute approximate surface area is 115 Å². The fourth-order valence-corrected chi connectivity index (χ4v) is 1.07. The Balaban J connectivity index is 0. The number of hydrogen-bond acceptors (Lipinski definition) is 3. The Morgan fingerprint density at radius 1 is 1.00 bits per heavy atom. The second kappa shape index (κ2) is 14.9. The number of nitrogens with zero attached hydrogens (tertiary/aromatic N) is 1. The van der Waals surface area contributed by atoms with E-state index in [2.05, 4.69) is 15.6 Å². The molecule has 0 radical (unpaired) electrons. The van der Waals surface area contributed by atoms with Crippen LogP contribution in [0.4, 0.5) is 0 Å². The molecule has 6 heteroatoms. The number of halogens is 1. The van der Waals surface area contributed by atoms with Gasteiger partial charge in [-0.2, -0.15) is 0 Å². The van der Waals surface area contributed by atoms with Crippen LogP contribution in [0.1, 0.15) is 12.8 Å². The molecule has 0 spiro atoms. The molecule has 0 aliphatic carbocycles. The fraction of sp³-hybridized carbons (Fsp3) is 0.900. The summed E-state index contributed by atoms with van der Waals surface area (Å²) >= 11 is 0. The van der Waals surface area contributed by atoms with Crippen LogP contribution in [-0.2, 0) is 9.47 Å². The zero-order valence-electron chi connectivity index (χ0n) is 10.4. The molecule has 16 heavy (non-hydrogen) atoms. The number of methoxy groups -OCH3 is 2. The summed E-state index contributed by atoms with van der Waals surface area (Å²) in [4.78, 5) is 4.10. The number of aliphatic imine (C=N–C) groups is 1. The molecule has 0 aromatic rings. The highest BCUT2D eigenvalue weighted by Gasteiger charge is 1.95. The molecular weight excluding hydrogens is 321 g/mol. The molecular formula is C10H24IN3O2. The van der Waals surface area contributed by atoms with Crippen molar-refractivity contribution in [3.05, 3.63) is 0 Å². The van der Waals surface area contributed by atoms with Crippen molar-refractivity contribution in [2.75, 3.05) is 47.6 Å². The fourth-order valence-electron chi connectivity index (χ4n) is 1.07. The lowest BCUT2D eigenvalue weighted by Crippen LogP contribution is -2.38. The van der Waals surface area contributed by atoms with Crippen LogP contribution in [0, 0.1) is 0 Å². The largest absolute Gasteiger partial charge is 0.385 e. The molecule has 2 N–H and O–H groups in total. The third-order valence-corrected chi connectivity index (χ3v) is 1.86. The first-order chi connectivity index (χ1) is 7.35. The molecule has 0 unspecified atom stereocenters. The summed E-state index contributed by atoms with van der Waals surface area (Å²) in [5.74, 6) is 0.835. The van der Waals surface area contributed by atoms with Crippen LogP contribution >= 0.6 is 24.0 Å². The van der Waals surface area contributed by atoms with Gasteiger partial charge in [-0.25, -0.2) is 0 Å². The predicted molar refractivity (Wildman–Crippen MR) is 77.8 cm³/mol. The molecule has 98 valence electrons. The summed E-state index contributed by atoms with van der Waals surface area (Å²) in [5, 5.41) is 6.40. The minimum Gasteiger partial charge on any atom is -0.385 e. The molecule has 0 saturated carbocycles. The van der Waals surface area contributed by atoms with Crippen LogP contribution in [0.2, 0.25) is 0 Å². The third-order valence-electron chi connectivity index (χ3n) is 1.86. The maximum absolute atomic E-state index is 4.95. The Kier molecular flexibility index (Phi) is 17.1. The molecule has 0 rings (SSSR count). The molecule has 0 aromatic carbocycles. The van der Waals surface area contributed by atoms with Gasteiger partial charge in [-0.15, -0.1) is 24.0 Å². The van der Waals surface area contributed by atoms with E-state index in [1.54, 1.807) is 21.3 Å². The monoisotopic (exact) mass is 345 g/mol. The average Bonchev–Trinajstić information content (AvgIpc) is 2.27. The molecule has 0 atom stereocenters. The van der Waals surface area contributed by atoms with Gasteiger partial charge in [0.15, 0.2) is 5.96 Å². The molecule has 0 fully saturated rings. The lowest BCUT2D eigenvalue weighted by molar-refractivity contribution is 0.195. The van der Waals surface area contributed by atoms with Gasteiger partial charge in [-0.3, -0.25) is 4.99 Å². The van der Waals surface area contributed by atoms with E-state index in [1.165, 1.54) is 0 Å². The smallest absolute Gasteiger partial charge is 0.190 e. The van der Waals surface area contributed by atoms with E-state index in [0.29, 0.717) is 0 Å². The molecule has 5 nitrogen and oxygen atoms in total. The summed E-state index contributed by atoms with van der Waals surface area (Å²) in [6.07, 6.45) is 1.96. The van der Waals surface area contributed by atoms with Crippen molar-refractivity contribution < 1.29 is 9.47 Å². The van der Waals surface area contributed by atoms with Crippen molar-refractivity contribution in [1.82, 2.24) is 10.6 Å². The van der Waals surface area contributed by atoms with Gasteiger partial charge in [-0.05, 0) is 12.8 Å².